The molecule has 3 aromatic carbocycles. The van der Waals surface area contributed by atoms with Crippen LogP contribution in [0.3, 0.4) is 0 Å². The highest BCUT2D eigenvalue weighted by atomic mass is 16.6. The molecule has 2 N–H and O–H groups in total. The number of amides is 2. The second kappa shape index (κ2) is 18.9. The zero-order chi connectivity index (χ0) is 41.1. The van der Waals surface area contributed by atoms with Crippen LogP contribution in [0.15, 0.2) is 60.7 Å². The third-order valence-electron chi connectivity index (χ3n) is 7.57. The molecule has 0 spiro atoms. The molecule has 0 aromatic heterocycles. The van der Waals surface area contributed by atoms with Crippen LogP contribution in [0.25, 0.3) is 11.1 Å². The molecule has 0 unspecified atom stereocenters. The Morgan fingerprint density at radius 2 is 1.24 bits per heavy atom. The van der Waals surface area contributed by atoms with E-state index < -0.39 is 53.4 Å². The van der Waals surface area contributed by atoms with Gasteiger partial charge in [-0.05, 0) is 89.4 Å². The van der Waals surface area contributed by atoms with Gasteiger partial charge in [-0.1, -0.05) is 36.4 Å². The highest BCUT2D eigenvalue weighted by Crippen LogP contribution is 2.41. The molecule has 0 saturated heterocycles. The predicted octanol–water partition coefficient (Wildman–Crippen LogP) is 6.28. The summed E-state index contributed by atoms with van der Waals surface area (Å²) in [6, 6.07) is 14.4. The zero-order valence-electron chi connectivity index (χ0n) is 32.9. The lowest BCUT2D eigenvalue weighted by atomic mass is 9.91. The summed E-state index contributed by atoms with van der Waals surface area (Å²) >= 11 is 0. The van der Waals surface area contributed by atoms with Crippen LogP contribution < -0.4 is 20.1 Å². The first-order valence-corrected chi connectivity index (χ1v) is 17.5. The normalized spacial score (nSPS) is 12.3. The minimum Gasteiger partial charge on any atom is -0.495 e. The van der Waals surface area contributed by atoms with Gasteiger partial charge in [0.25, 0.3) is 0 Å². The summed E-state index contributed by atoms with van der Waals surface area (Å²) in [4.78, 5) is 77.3. The van der Waals surface area contributed by atoms with E-state index in [1.165, 1.54) is 40.2 Å². The van der Waals surface area contributed by atoms with Crippen molar-refractivity contribution >= 4 is 35.9 Å². The molecule has 0 aliphatic carbocycles. The number of hydrogen-bond acceptors (Lipinski definition) is 12. The fourth-order valence-electron chi connectivity index (χ4n) is 5.38. The van der Waals surface area contributed by atoms with Crippen molar-refractivity contribution in [1.29, 1.82) is 0 Å². The van der Waals surface area contributed by atoms with Crippen molar-refractivity contribution in [1.82, 2.24) is 10.6 Å². The molecule has 0 radical (unpaired) electrons. The fourth-order valence-corrected chi connectivity index (χ4v) is 5.38. The van der Waals surface area contributed by atoms with Crippen LogP contribution in [-0.2, 0) is 52.8 Å². The molecule has 0 fully saturated rings. The summed E-state index contributed by atoms with van der Waals surface area (Å²) in [5.41, 5.74) is 0.575. The van der Waals surface area contributed by atoms with Gasteiger partial charge in [0.05, 0.1) is 19.8 Å². The molecule has 14 nitrogen and oxygen atoms in total. The van der Waals surface area contributed by atoms with Gasteiger partial charge in [-0.25, -0.2) is 19.2 Å². The van der Waals surface area contributed by atoms with E-state index in [-0.39, 0.29) is 53.4 Å². The van der Waals surface area contributed by atoms with Gasteiger partial charge in [-0.2, -0.15) is 0 Å². The van der Waals surface area contributed by atoms with Gasteiger partial charge < -0.3 is 39.1 Å². The van der Waals surface area contributed by atoms with Gasteiger partial charge in [-0.3, -0.25) is 9.59 Å². The molecule has 3 rings (SSSR count). The number of Topliss-reactive ketones (excluding diaryl/α,β-unsaturated/α-hetero) is 1. The van der Waals surface area contributed by atoms with E-state index in [2.05, 4.69) is 10.6 Å². The lowest BCUT2D eigenvalue weighted by molar-refractivity contribution is -0.157. The predicted molar refractivity (Wildman–Crippen MR) is 202 cm³/mol. The molecular weight excluding hydrogens is 712 g/mol. The van der Waals surface area contributed by atoms with E-state index in [1.54, 1.807) is 84.0 Å². The number of esters is 3. The van der Waals surface area contributed by atoms with Gasteiger partial charge in [0, 0.05) is 30.9 Å². The highest BCUT2D eigenvalue weighted by Gasteiger charge is 2.31. The fraction of sp³-hybridized carbons (Fsp3) is 0.415. The van der Waals surface area contributed by atoms with Gasteiger partial charge in [-0.15, -0.1) is 0 Å². The first-order valence-electron chi connectivity index (χ1n) is 17.5. The van der Waals surface area contributed by atoms with Crippen molar-refractivity contribution in [3.8, 4) is 22.6 Å². The van der Waals surface area contributed by atoms with Crippen molar-refractivity contribution in [3.63, 3.8) is 0 Å². The number of hydrogen-bond donors (Lipinski definition) is 2. The van der Waals surface area contributed by atoms with Crippen LogP contribution in [-0.4, -0.2) is 73.4 Å². The van der Waals surface area contributed by atoms with Crippen molar-refractivity contribution in [2.75, 3.05) is 14.2 Å². The Morgan fingerprint density at radius 1 is 0.655 bits per heavy atom. The Morgan fingerprint density at radius 3 is 1.80 bits per heavy atom. The highest BCUT2D eigenvalue weighted by molar-refractivity contribution is 6.00. The maximum Gasteiger partial charge on any atom is 0.408 e. The number of ketones is 1. The Bertz CT molecular complexity index is 1880. The molecule has 0 aliphatic rings. The molecule has 0 saturated carbocycles. The average Bonchev–Trinajstić information content (AvgIpc) is 3.08. The molecule has 0 aliphatic heterocycles. The van der Waals surface area contributed by atoms with Crippen LogP contribution in [0.5, 0.6) is 11.5 Å². The van der Waals surface area contributed by atoms with Crippen LogP contribution in [0, 0.1) is 0 Å². The van der Waals surface area contributed by atoms with Crippen LogP contribution in [0.4, 0.5) is 9.59 Å². The number of benzene rings is 3. The largest absolute Gasteiger partial charge is 0.495 e. The summed E-state index contributed by atoms with van der Waals surface area (Å²) in [5, 5.41) is 5.14. The maximum atomic E-state index is 13.4. The monoisotopic (exact) mass is 762 g/mol. The first kappa shape index (κ1) is 43.5. The van der Waals surface area contributed by atoms with Crippen LogP contribution in [0.1, 0.15) is 82.4 Å². The molecular formula is C41H50N2O12. The number of nitrogens with one attached hydrogen (secondary N) is 2. The standard InChI is InChI=1S/C41H50N2O12/c1-24(44)29-19-28(22-33(37(47)54-40(3,4)5)43-39(49)55-41(6,7)8)20-31(35(29)50-9)30-18-27(16-17-34(30)53-25(2)45)21-32(36(46)51-10)42-38(48)52-23-26-14-12-11-13-15-26/h11-20,32-33H,21-23H2,1-10H3,(H,42,48)(H,43,49)/t32-,33-/m0/s1. The summed E-state index contributed by atoms with van der Waals surface area (Å²) in [6.45, 7) is 12.6. The Labute approximate surface area is 321 Å². The SMILES string of the molecule is COC(=O)[C@H](Cc1ccc(OC(C)=O)c(-c2cc(C[C@H](NC(=O)OC(C)(C)C)C(=O)OC(C)(C)C)cc(C(C)=O)c2OC)c1)NC(=O)OCc1ccccc1. The minimum atomic E-state index is -1.25. The summed E-state index contributed by atoms with van der Waals surface area (Å²) in [6.07, 6.45) is -1.93. The minimum absolute atomic E-state index is 0.0293. The Kier molecular flexibility index (Phi) is 14.9. The first-order chi connectivity index (χ1) is 25.7. The number of alkyl carbamates (subject to hydrolysis) is 2. The number of ether oxygens (including phenoxy) is 6. The van der Waals surface area contributed by atoms with E-state index in [0.29, 0.717) is 11.1 Å². The topological polar surface area (TPSA) is 182 Å². The van der Waals surface area contributed by atoms with Crippen molar-refractivity contribution in [2.45, 2.75) is 98.1 Å². The van der Waals surface area contributed by atoms with Gasteiger partial charge in [0.1, 0.15) is 41.4 Å². The van der Waals surface area contributed by atoms with Gasteiger partial charge in [0.15, 0.2) is 5.78 Å². The second-order valence-electron chi connectivity index (χ2n) is 14.6. The zero-order valence-corrected chi connectivity index (χ0v) is 32.9. The van der Waals surface area contributed by atoms with E-state index in [0.717, 1.165) is 5.56 Å². The van der Waals surface area contributed by atoms with Crippen molar-refractivity contribution < 1.29 is 57.2 Å². The van der Waals surface area contributed by atoms with Gasteiger partial charge in [0.2, 0.25) is 0 Å². The van der Waals surface area contributed by atoms with E-state index in [4.69, 9.17) is 28.4 Å². The summed E-state index contributed by atoms with van der Waals surface area (Å²) in [5.74, 6) is -2.30. The quantitative estimate of drug-likeness (QED) is 0.0813. The molecule has 3 aromatic rings. The maximum absolute atomic E-state index is 13.4. The van der Waals surface area contributed by atoms with Crippen molar-refractivity contribution in [2.24, 2.45) is 0 Å². The number of rotatable bonds is 14. The third-order valence-corrected chi connectivity index (χ3v) is 7.57. The van der Waals surface area contributed by atoms with Crippen LogP contribution in [0.2, 0.25) is 0 Å². The molecule has 0 bridgehead atoms. The van der Waals surface area contributed by atoms with E-state index in [9.17, 15) is 28.8 Å². The number of methoxy groups -OCH3 is 2. The van der Waals surface area contributed by atoms with Crippen molar-refractivity contribution in [3.05, 3.63) is 82.9 Å². The summed E-state index contributed by atoms with van der Waals surface area (Å²) < 4.78 is 32.6. The van der Waals surface area contributed by atoms with Gasteiger partial charge >= 0.3 is 30.1 Å². The van der Waals surface area contributed by atoms with E-state index >= 15 is 0 Å². The third kappa shape index (κ3) is 13.8. The Balaban J connectivity index is 2.12. The van der Waals surface area contributed by atoms with E-state index in [1.807, 2.05) is 6.07 Å². The lowest BCUT2D eigenvalue weighted by Gasteiger charge is -2.26. The number of carbonyl (C=O) groups excluding carboxylic acids is 6. The molecule has 2 amide bonds. The van der Waals surface area contributed by atoms with Crippen LogP contribution >= 0.6 is 0 Å². The molecule has 2 atom stereocenters. The molecule has 296 valence electrons. The summed E-state index contributed by atoms with van der Waals surface area (Å²) in [7, 11) is 2.55. The molecule has 55 heavy (non-hydrogen) atoms. The average molecular weight is 763 g/mol. The number of carbonyl (C=O) groups is 6. The second-order valence-corrected chi connectivity index (χ2v) is 14.6. The lowest BCUT2D eigenvalue weighted by Crippen LogP contribution is -2.47. The molecule has 0 heterocycles. The smallest absolute Gasteiger partial charge is 0.408 e. The molecule has 14 heteroatoms. The Hall–Kier alpha value is -5.92.